The van der Waals surface area contributed by atoms with E-state index in [1.807, 2.05) is 13.0 Å². The fourth-order valence-electron chi connectivity index (χ4n) is 0.885. The third-order valence-electron chi connectivity index (χ3n) is 1.61. The number of aliphatic hydroxyl groups excluding tert-OH is 1. The highest BCUT2D eigenvalue weighted by Gasteiger charge is 2.00. The van der Waals surface area contributed by atoms with Crippen LogP contribution in [0.5, 0.6) is 0 Å². The zero-order valence-electron chi connectivity index (χ0n) is 7.04. The Hall–Kier alpha value is -1.29. The lowest BCUT2D eigenvalue weighted by Crippen LogP contribution is -2.09. The van der Waals surface area contributed by atoms with E-state index in [1.54, 1.807) is 6.20 Å². The third-order valence-corrected chi connectivity index (χ3v) is 1.61. The molecule has 0 bridgehead atoms. The number of anilines is 2. The molecule has 0 fully saturated rings. The molecular weight excluding hydrogens is 154 g/mol. The Bertz CT molecular complexity index is 262. The first-order valence-electron chi connectivity index (χ1n) is 3.81. The largest absolute Gasteiger partial charge is 0.396 e. The number of rotatable bonds is 3. The van der Waals surface area contributed by atoms with Crippen LogP contribution in [-0.2, 0) is 0 Å². The first-order chi connectivity index (χ1) is 5.75. The van der Waals surface area contributed by atoms with Gasteiger partial charge in [0.05, 0.1) is 12.3 Å². The van der Waals surface area contributed by atoms with Crippen molar-refractivity contribution in [3.05, 3.63) is 17.8 Å². The molecule has 0 radical (unpaired) electrons. The number of aryl methyl sites for hydroxylation is 1. The summed E-state index contributed by atoms with van der Waals surface area (Å²) >= 11 is 0. The molecule has 0 atom stereocenters. The van der Waals surface area contributed by atoms with Gasteiger partial charge in [-0.05, 0) is 18.6 Å². The van der Waals surface area contributed by atoms with Crippen LogP contribution < -0.4 is 11.1 Å². The van der Waals surface area contributed by atoms with Gasteiger partial charge in [0, 0.05) is 12.7 Å². The summed E-state index contributed by atoms with van der Waals surface area (Å²) in [7, 11) is 0. The van der Waals surface area contributed by atoms with E-state index in [1.165, 1.54) is 0 Å². The lowest BCUT2D eigenvalue weighted by Gasteiger charge is -2.07. The summed E-state index contributed by atoms with van der Waals surface area (Å²) < 4.78 is 0. The Kier molecular flexibility index (Phi) is 2.88. The van der Waals surface area contributed by atoms with Crippen molar-refractivity contribution >= 4 is 11.5 Å². The van der Waals surface area contributed by atoms with Gasteiger partial charge in [-0.25, -0.2) is 4.98 Å². The molecule has 4 N–H and O–H groups in total. The van der Waals surface area contributed by atoms with E-state index in [9.17, 15) is 0 Å². The molecule has 0 saturated carbocycles. The molecule has 66 valence electrons. The number of nitrogens with one attached hydrogen (secondary N) is 1. The van der Waals surface area contributed by atoms with Crippen molar-refractivity contribution in [3.8, 4) is 0 Å². The van der Waals surface area contributed by atoms with Gasteiger partial charge >= 0.3 is 0 Å². The molecule has 0 aliphatic carbocycles. The minimum atomic E-state index is 0.0784. The predicted octanol–water partition coefficient (Wildman–Crippen LogP) is 0.376. The summed E-state index contributed by atoms with van der Waals surface area (Å²) in [5.74, 6) is 0.643. The molecular formula is C8H13N3O. The van der Waals surface area contributed by atoms with Crippen LogP contribution in [0.15, 0.2) is 12.3 Å². The highest BCUT2D eigenvalue weighted by Crippen LogP contribution is 2.17. The van der Waals surface area contributed by atoms with Crippen LogP contribution in [0.25, 0.3) is 0 Å². The number of aliphatic hydroxyl groups is 1. The molecule has 0 spiro atoms. The van der Waals surface area contributed by atoms with Gasteiger partial charge in [0.15, 0.2) is 0 Å². The van der Waals surface area contributed by atoms with Crippen molar-refractivity contribution < 1.29 is 5.11 Å². The van der Waals surface area contributed by atoms with Gasteiger partial charge in [0.2, 0.25) is 0 Å². The van der Waals surface area contributed by atoms with Crippen molar-refractivity contribution in [1.82, 2.24) is 4.98 Å². The van der Waals surface area contributed by atoms with Crippen LogP contribution >= 0.6 is 0 Å². The van der Waals surface area contributed by atoms with E-state index in [4.69, 9.17) is 10.8 Å². The van der Waals surface area contributed by atoms with Crippen LogP contribution in [0.1, 0.15) is 5.56 Å². The lowest BCUT2D eigenvalue weighted by atomic mass is 10.2. The van der Waals surface area contributed by atoms with E-state index >= 15 is 0 Å². The zero-order valence-corrected chi connectivity index (χ0v) is 7.04. The topological polar surface area (TPSA) is 71.2 Å². The van der Waals surface area contributed by atoms with Gasteiger partial charge in [-0.2, -0.15) is 0 Å². The van der Waals surface area contributed by atoms with Crippen molar-refractivity contribution in [3.63, 3.8) is 0 Å². The Labute approximate surface area is 71.4 Å². The minimum absolute atomic E-state index is 0.0784. The van der Waals surface area contributed by atoms with Crippen LogP contribution in [-0.4, -0.2) is 23.2 Å². The minimum Gasteiger partial charge on any atom is -0.396 e. The second kappa shape index (κ2) is 3.92. The van der Waals surface area contributed by atoms with Gasteiger partial charge in [0.25, 0.3) is 0 Å². The van der Waals surface area contributed by atoms with E-state index in [-0.39, 0.29) is 6.61 Å². The van der Waals surface area contributed by atoms with Crippen LogP contribution in [0.2, 0.25) is 0 Å². The molecule has 1 rings (SSSR count). The molecule has 1 heterocycles. The Balaban J connectivity index is 2.78. The van der Waals surface area contributed by atoms with Crippen LogP contribution in [0.4, 0.5) is 11.5 Å². The third kappa shape index (κ3) is 1.85. The van der Waals surface area contributed by atoms with Crippen molar-refractivity contribution in [1.29, 1.82) is 0 Å². The number of pyridine rings is 1. The van der Waals surface area contributed by atoms with Gasteiger partial charge in [-0.1, -0.05) is 0 Å². The Morgan fingerprint density at radius 2 is 2.42 bits per heavy atom. The van der Waals surface area contributed by atoms with E-state index < -0.39 is 0 Å². The molecule has 4 heteroatoms. The Morgan fingerprint density at radius 3 is 3.08 bits per heavy atom. The number of hydrogen-bond acceptors (Lipinski definition) is 4. The fourth-order valence-corrected chi connectivity index (χ4v) is 0.885. The number of aromatic nitrogens is 1. The molecule has 0 aromatic carbocycles. The number of hydrogen-bond donors (Lipinski definition) is 3. The SMILES string of the molecule is Cc1ccnc(NCCO)c1N. The second-order valence-electron chi connectivity index (χ2n) is 2.54. The van der Waals surface area contributed by atoms with Gasteiger partial charge in [-0.3, -0.25) is 0 Å². The maximum absolute atomic E-state index is 8.56. The molecule has 0 amide bonds. The van der Waals surface area contributed by atoms with E-state index in [0.717, 1.165) is 5.56 Å². The molecule has 4 nitrogen and oxygen atoms in total. The summed E-state index contributed by atoms with van der Waals surface area (Å²) in [5, 5.41) is 11.5. The van der Waals surface area contributed by atoms with Gasteiger partial charge in [0.1, 0.15) is 5.82 Å². The highest BCUT2D eigenvalue weighted by atomic mass is 16.3. The van der Waals surface area contributed by atoms with Crippen molar-refractivity contribution in [2.24, 2.45) is 0 Å². The molecule has 1 aromatic heterocycles. The molecule has 0 aliphatic heterocycles. The predicted molar refractivity (Wildman–Crippen MR) is 49.0 cm³/mol. The number of nitrogens with two attached hydrogens (primary N) is 1. The van der Waals surface area contributed by atoms with Crippen molar-refractivity contribution in [2.75, 3.05) is 24.2 Å². The quantitative estimate of drug-likeness (QED) is 0.608. The summed E-state index contributed by atoms with van der Waals surface area (Å²) in [6.45, 7) is 2.47. The summed E-state index contributed by atoms with van der Waals surface area (Å²) in [4.78, 5) is 4.03. The van der Waals surface area contributed by atoms with Crippen LogP contribution in [0.3, 0.4) is 0 Å². The first-order valence-corrected chi connectivity index (χ1v) is 3.81. The van der Waals surface area contributed by atoms with E-state index in [2.05, 4.69) is 10.3 Å². The van der Waals surface area contributed by atoms with Gasteiger partial charge in [-0.15, -0.1) is 0 Å². The maximum atomic E-state index is 8.56. The zero-order chi connectivity index (χ0) is 8.97. The summed E-state index contributed by atoms with van der Waals surface area (Å²) in [6.07, 6.45) is 1.69. The molecule has 0 saturated heterocycles. The van der Waals surface area contributed by atoms with E-state index in [0.29, 0.717) is 18.1 Å². The first kappa shape index (κ1) is 8.80. The summed E-state index contributed by atoms with van der Waals surface area (Å²) in [6, 6.07) is 1.85. The molecule has 1 aromatic rings. The van der Waals surface area contributed by atoms with Crippen molar-refractivity contribution in [2.45, 2.75) is 6.92 Å². The van der Waals surface area contributed by atoms with Crippen LogP contribution in [0, 0.1) is 6.92 Å². The number of nitrogens with zero attached hydrogens (tertiary/aromatic N) is 1. The average Bonchev–Trinajstić information content (AvgIpc) is 2.08. The molecule has 12 heavy (non-hydrogen) atoms. The standard InChI is InChI=1S/C8H13N3O/c1-6-2-3-10-8(7(6)9)11-4-5-12/h2-3,12H,4-5,9H2,1H3,(H,10,11). The fraction of sp³-hybridized carbons (Fsp3) is 0.375. The maximum Gasteiger partial charge on any atom is 0.149 e. The summed E-state index contributed by atoms with van der Waals surface area (Å²) in [5.41, 5.74) is 7.35. The molecule has 0 unspecified atom stereocenters. The van der Waals surface area contributed by atoms with Gasteiger partial charge < -0.3 is 16.2 Å². The molecule has 0 aliphatic rings. The highest BCUT2D eigenvalue weighted by molar-refractivity contribution is 5.64. The lowest BCUT2D eigenvalue weighted by molar-refractivity contribution is 0.311. The normalized spacial score (nSPS) is 9.83. The monoisotopic (exact) mass is 167 g/mol. The Morgan fingerprint density at radius 1 is 1.67 bits per heavy atom. The average molecular weight is 167 g/mol. The second-order valence-corrected chi connectivity index (χ2v) is 2.54. The number of nitrogen functional groups attached to an aromatic ring is 1. The smallest absolute Gasteiger partial charge is 0.149 e.